The lowest BCUT2D eigenvalue weighted by atomic mass is 10.1. The van der Waals surface area contributed by atoms with Crippen molar-refractivity contribution in [3.8, 4) is 0 Å². The Kier molecular flexibility index (Phi) is 7.45. The molecule has 2 aromatic carbocycles. The van der Waals surface area contributed by atoms with Crippen LogP contribution in [0.15, 0.2) is 47.6 Å². The molecule has 0 bridgehead atoms. The first-order valence-corrected chi connectivity index (χ1v) is 10.3. The van der Waals surface area contributed by atoms with E-state index in [1.54, 1.807) is 23.1 Å². The van der Waals surface area contributed by atoms with Crippen LogP contribution < -0.4 is 15.2 Å². The van der Waals surface area contributed by atoms with E-state index in [4.69, 9.17) is 23.2 Å². The van der Waals surface area contributed by atoms with Gasteiger partial charge in [0.05, 0.1) is 16.3 Å². The molecule has 28 heavy (non-hydrogen) atoms. The third kappa shape index (κ3) is 6.04. The maximum absolute atomic E-state index is 12.2. The summed E-state index contributed by atoms with van der Waals surface area (Å²) in [7, 11) is 0. The zero-order chi connectivity index (χ0) is 19.9. The number of aryl methyl sites for hydroxylation is 1. The zero-order valence-corrected chi connectivity index (χ0v) is 17.5. The van der Waals surface area contributed by atoms with Crippen molar-refractivity contribution in [2.45, 2.75) is 13.5 Å². The third-order valence-corrected chi connectivity index (χ3v) is 5.69. The molecule has 1 aliphatic rings. The fourth-order valence-corrected chi connectivity index (χ4v) is 3.87. The van der Waals surface area contributed by atoms with E-state index in [1.165, 1.54) is 22.2 Å². The monoisotopic (exact) mass is 420 g/mol. The molecule has 0 unspecified atom stereocenters. The molecule has 3 N–H and O–H groups in total. The van der Waals surface area contributed by atoms with Crippen LogP contribution in [0.2, 0.25) is 10.0 Å². The number of quaternary nitrogens is 2. The van der Waals surface area contributed by atoms with Gasteiger partial charge in [0.1, 0.15) is 32.7 Å². The number of amides is 1. The van der Waals surface area contributed by atoms with Crippen LogP contribution in [-0.4, -0.2) is 44.8 Å². The van der Waals surface area contributed by atoms with Crippen molar-refractivity contribution in [3.63, 3.8) is 0 Å². The Morgan fingerprint density at radius 1 is 1.04 bits per heavy atom. The Hall–Kier alpha value is -1.92. The van der Waals surface area contributed by atoms with Gasteiger partial charge in [-0.2, -0.15) is 5.10 Å². The number of hydrazone groups is 1. The van der Waals surface area contributed by atoms with Crippen LogP contribution in [0.3, 0.4) is 0 Å². The molecule has 1 saturated heterocycles. The second-order valence-corrected chi connectivity index (χ2v) is 8.08. The average Bonchev–Trinajstić information content (AvgIpc) is 2.67. The number of piperazine rings is 1. The van der Waals surface area contributed by atoms with E-state index in [-0.39, 0.29) is 5.91 Å². The van der Waals surface area contributed by atoms with Crippen LogP contribution in [0.1, 0.15) is 16.7 Å². The van der Waals surface area contributed by atoms with Crippen LogP contribution >= 0.6 is 23.2 Å². The van der Waals surface area contributed by atoms with Gasteiger partial charge in [-0.05, 0) is 19.1 Å². The lowest BCUT2D eigenvalue weighted by Crippen LogP contribution is -3.28. The largest absolute Gasteiger partial charge is 0.322 e. The zero-order valence-electron chi connectivity index (χ0n) is 16.0. The molecule has 1 aliphatic heterocycles. The third-order valence-electron chi connectivity index (χ3n) is 5.03. The highest BCUT2D eigenvalue weighted by atomic mass is 35.5. The molecule has 0 saturated carbocycles. The first-order chi connectivity index (χ1) is 13.5. The van der Waals surface area contributed by atoms with Gasteiger partial charge >= 0.3 is 0 Å². The number of nitrogens with zero attached hydrogens (tertiary/aromatic N) is 1. The van der Waals surface area contributed by atoms with Crippen LogP contribution in [0, 0.1) is 6.92 Å². The van der Waals surface area contributed by atoms with E-state index >= 15 is 0 Å². The number of hydrogen-bond acceptors (Lipinski definition) is 2. The van der Waals surface area contributed by atoms with E-state index < -0.39 is 0 Å². The number of benzene rings is 2. The Labute approximate surface area is 175 Å². The smallest absolute Gasteiger partial charge is 0.295 e. The predicted octanol–water partition coefficient (Wildman–Crippen LogP) is 0.736. The van der Waals surface area contributed by atoms with E-state index in [2.05, 4.69) is 41.7 Å². The fraction of sp³-hybridized carbons (Fsp3) is 0.333. The van der Waals surface area contributed by atoms with Crippen molar-refractivity contribution >= 4 is 35.3 Å². The number of nitrogens with one attached hydrogen (secondary N) is 3. The minimum absolute atomic E-state index is 0.101. The highest BCUT2D eigenvalue weighted by molar-refractivity contribution is 6.38. The standard InChI is InChI=1S/C21H24Cl2N4O/c1-16-5-7-17(8-6-16)14-26-9-11-27(12-10-26)15-21(28)25-24-13-18-19(22)3-2-4-20(18)23/h2-8,13H,9-12,14-15H2,1H3,(H,25,28)/p+2/b24-13-. The van der Waals surface area contributed by atoms with Crippen molar-refractivity contribution < 1.29 is 14.6 Å². The summed E-state index contributed by atoms with van der Waals surface area (Å²) in [5, 5.41) is 5.00. The lowest BCUT2D eigenvalue weighted by molar-refractivity contribution is -1.02. The normalized spacial score (nSPS) is 19.7. The fourth-order valence-electron chi connectivity index (χ4n) is 3.37. The van der Waals surface area contributed by atoms with Gasteiger partial charge < -0.3 is 9.80 Å². The Morgan fingerprint density at radius 3 is 2.29 bits per heavy atom. The van der Waals surface area contributed by atoms with Gasteiger partial charge in [0.25, 0.3) is 5.91 Å². The van der Waals surface area contributed by atoms with Gasteiger partial charge in [0, 0.05) is 11.1 Å². The quantitative estimate of drug-likeness (QED) is 0.468. The second-order valence-electron chi connectivity index (χ2n) is 7.27. The summed E-state index contributed by atoms with van der Waals surface area (Å²) >= 11 is 12.2. The van der Waals surface area contributed by atoms with E-state index in [0.29, 0.717) is 22.2 Å². The molecule has 5 nitrogen and oxygen atoms in total. The highest BCUT2D eigenvalue weighted by Crippen LogP contribution is 2.21. The van der Waals surface area contributed by atoms with Crippen molar-refractivity contribution in [2.75, 3.05) is 32.7 Å². The molecule has 1 fully saturated rings. The molecule has 2 aromatic rings. The van der Waals surface area contributed by atoms with Gasteiger partial charge in [-0.3, -0.25) is 4.79 Å². The van der Waals surface area contributed by atoms with E-state index in [9.17, 15) is 4.79 Å². The number of hydrogen-bond donors (Lipinski definition) is 3. The minimum atomic E-state index is -0.101. The molecular weight excluding hydrogens is 395 g/mol. The van der Waals surface area contributed by atoms with Gasteiger partial charge in [0.15, 0.2) is 6.54 Å². The Balaban J connectivity index is 1.41. The Bertz CT molecular complexity index is 811. The molecule has 7 heteroatoms. The maximum atomic E-state index is 12.2. The van der Waals surface area contributed by atoms with Crippen LogP contribution in [0.25, 0.3) is 0 Å². The first-order valence-electron chi connectivity index (χ1n) is 9.50. The molecule has 0 aliphatic carbocycles. The van der Waals surface area contributed by atoms with Crippen LogP contribution in [0.5, 0.6) is 0 Å². The molecular formula is C21H26Cl2N4O+2. The topological polar surface area (TPSA) is 50.3 Å². The van der Waals surface area contributed by atoms with E-state index in [0.717, 1.165) is 32.7 Å². The molecule has 1 amide bonds. The predicted molar refractivity (Wildman–Crippen MR) is 113 cm³/mol. The Morgan fingerprint density at radius 2 is 1.64 bits per heavy atom. The van der Waals surface area contributed by atoms with Gasteiger partial charge in [0.2, 0.25) is 0 Å². The van der Waals surface area contributed by atoms with Gasteiger partial charge in [-0.15, -0.1) is 0 Å². The second kappa shape index (κ2) is 10.0. The summed E-state index contributed by atoms with van der Waals surface area (Å²) < 4.78 is 0. The van der Waals surface area contributed by atoms with Crippen molar-refractivity contribution in [1.82, 2.24) is 5.43 Å². The van der Waals surface area contributed by atoms with Crippen molar-refractivity contribution in [3.05, 3.63) is 69.2 Å². The lowest BCUT2D eigenvalue weighted by Gasteiger charge is -2.29. The highest BCUT2D eigenvalue weighted by Gasteiger charge is 2.24. The maximum Gasteiger partial charge on any atom is 0.295 e. The molecule has 3 rings (SSSR count). The molecule has 0 radical (unpaired) electrons. The first kappa shape index (κ1) is 20.8. The molecule has 1 heterocycles. The molecule has 0 aromatic heterocycles. The SMILES string of the molecule is Cc1ccc(C[NH+]2CC[NH+](CC(=O)N/N=C\c3c(Cl)cccc3Cl)CC2)cc1. The van der Waals surface area contributed by atoms with Crippen LogP contribution in [0.4, 0.5) is 0 Å². The minimum Gasteiger partial charge on any atom is -0.322 e. The van der Waals surface area contributed by atoms with E-state index in [1.807, 2.05) is 0 Å². The summed E-state index contributed by atoms with van der Waals surface area (Å²) in [5.74, 6) is -0.101. The van der Waals surface area contributed by atoms with Gasteiger partial charge in [-0.25, -0.2) is 5.43 Å². The summed E-state index contributed by atoms with van der Waals surface area (Å²) in [6.07, 6.45) is 1.49. The number of halogens is 2. The average molecular weight is 421 g/mol. The summed E-state index contributed by atoms with van der Waals surface area (Å²) in [4.78, 5) is 15.0. The van der Waals surface area contributed by atoms with Crippen molar-refractivity contribution in [1.29, 1.82) is 0 Å². The molecule has 148 valence electrons. The number of rotatable bonds is 6. The van der Waals surface area contributed by atoms with Gasteiger partial charge in [-0.1, -0.05) is 59.1 Å². The van der Waals surface area contributed by atoms with Crippen LogP contribution in [-0.2, 0) is 11.3 Å². The molecule has 0 atom stereocenters. The molecule has 0 spiro atoms. The number of carbonyl (C=O) groups excluding carboxylic acids is 1. The summed E-state index contributed by atoms with van der Waals surface area (Å²) in [6, 6.07) is 14.0. The number of carbonyl (C=O) groups is 1. The summed E-state index contributed by atoms with van der Waals surface area (Å²) in [6.45, 7) is 7.66. The van der Waals surface area contributed by atoms with Crippen molar-refractivity contribution in [2.24, 2.45) is 5.10 Å². The summed E-state index contributed by atoms with van der Waals surface area (Å²) in [5.41, 5.74) is 5.84.